The number of fused-ring (bicyclic) bond motifs is 1. The number of hydrogen-bond acceptors (Lipinski definition) is 0. The van der Waals surface area contributed by atoms with Gasteiger partial charge in [-0.25, -0.2) is 0 Å². The molecular weight excluding hydrogens is 391 g/mol. The molecule has 2 aromatic rings. The van der Waals surface area contributed by atoms with Crippen molar-refractivity contribution in [3.8, 4) is 0 Å². The summed E-state index contributed by atoms with van der Waals surface area (Å²) < 4.78 is 1.28. The number of rotatable bonds is 4. The molecule has 0 aromatic heterocycles. The van der Waals surface area contributed by atoms with Gasteiger partial charge < -0.3 is 0 Å². The van der Waals surface area contributed by atoms with Crippen LogP contribution in [0.1, 0.15) is 30.5 Å². The van der Waals surface area contributed by atoms with Crippen molar-refractivity contribution < 1.29 is 0 Å². The van der Waals surface area contributed by atoms with Crippen LogP contribution in [-0.4, -0.2) is 0 Å². The van der Waals surface area contributed by atoms with Gasteiger partial charge in [-0.2, -0.15) is 0 Å². The van der Waals surface area contributed by atoms with Crippen molar-refractivity contribution in [3.05, 3.63) is 99.2 Å². The van der Waals surface area contributed by atoms with Crippen LogP contribution in [0.15, 0.2) is 78.9 Å². The van der Waals surface area contributed by atoms with Crippen LogP contribution in [0.3, 0.4) is 0 Å². The average Bonchev–Trinajstić information content (AvgIpc) is 2.75. The Morgan fingerprint density at radius 2 is 1.83 bits per heavy atom. The zero-order valence-corrected chi connectivity index (χ0v) is 15.8. The summed E-state index contributed by atoms with van der Waals surface area (Å²) in [6, 6.07) is 17.3. The summed E-state index contributed by atoms with van der Waals surface area (Å²) in [4.78, 5) is 0. The van der Waals surface area contributed by atoms with E-state index >= 15 is 0 Å². The van der Waals surface area contributed by atoms with Gasteiger partial charge in [0.2, 0.25) is 0 Å². The van der Waals surface area contributed by atoms with Gasteiger partial charge in [0.15, 0.2) is 0 Å². The van der Waals surface area contributed by atoms with Gasteiger partial charge in [0.05, 0.1) is 0 Å². The Morgan fingerprint density at radius 3 is 2.52 bits per heavy atom. The van der Waals surface area contributed by atoms with Crippen molar-refractivity contribution in [2.75, 3.05) is 0 Å². The van der Waals surface area contributed by atoms with Crippen LogP contribution in [0.2, 0.25) is 0 Å². The van der Waals surface area contributed by atoms with Gasteiger partial charge in [-0.15, -0.1) is 0 Å². The standard InChI is InChI=1S/C22H21I/c1-4-20-18(12-8-11-16-9-6-5-7-10-16)19-14-13-17(23)15-21(19)22(20,2)3/h4-10,12-15H,1,11H2,2-3H3/b12-8-. The van der Waals surface area contributed by atoms with Crippen LogP contribution >= 0.6 is 22.6 Å². The Morgan fingerprint density at radius 1 is 1.09 bits per heavy atom. The SMILES string of the molecule is C=CC1=C(/C=C\Cc2ccccc2)c2ccc(I)cc2C1(C)C. The van der Waals surface area contributed by atoms with Crippen LogP contribution in [-0.2, 0) is 11.8 Å². The minimum absolute atomic E-state index is 0.0185. The first-order chi connectivity index (χ1) is 11.0. The van der Waals surface area contributed by atoms with Gasteiger partial charge >= 0.3 is 0 Å². The monoisotopic (exact) mass is 412 g/mol. The van der Waals surface area contributed by atoms with Gasteiger partial charge in [-0.1, -0.05) is 75.1 Å². The maximum absolute atomic E-state index is 4.07. The van der Waals surface area contributed by atoms with E-state index in [0.717, 1.165) is 6.42 Å². The summed E-state index contributed by atoms with van der Waals surface area (Å²) in [7, 11) is 0. The van der Waals surface area contributed by atoms with E-state index in [2.05, 4.69) is 104 Å². The minimum Gasteiger partial charge on any atom is -0.0987 e. The fourth-order valence-corrected chi connectivity index (χ4v) is 3.86. The van der Waals surface area contributed by atoms with E-state index in [0.29, 0.717) is 0 Å². The Labute approximate surface area is 152 Å². The van der Waals surface area contributed by atoms with Crippen LogP contribution in [0, 0.1) is 3.57 Å². The first-order valence-electron chi connectivity index (χ1n) is 7.92. The normalized spacial score (nSPS) is 16.0. The molecule has 0 unspecified atom stereocenters. The predicted octanol–water partition coefficient (Wildman–Crippen LogP) is 6.32. The number of hydrogen-bond donors (Lipinski definition) is 0. The van der Waals surface area contributed by atoms with Crippen LogP contribution in [0.5, 0.6) is 0 Å². The zero-order chi connectivity index (χ0) is 16.4. The van der Waals surface area contributed by atoms with E-state index in [1.54, 1.807) is 0 Å². The summed E-state index contributed by atoms with van der Waals surface area (Å²) in [5.41, 5.74) is 6.73. The molecule has 0 nitrogen and oxygen atoms in total. The van der Waals surface area contributed by atoms with Crippen molar-refractivity contribution >= 4 is 28.2 Å². The maximum Gasteiger partial charge on any atom is 0.0159 e. The molecule has 0 saturated heterocycles. The highest BCUT2D eigenvalue weighted by molar-refractivity contribution is 14.1. The summed E-state index contributed by atoms with van der Waals surface area (Å²) >= 11 is 2.39. The quantitative estimate of drug-likeness (QED) is 0.516. The predicted molar refractivity (Wildman–Crippen MR) is 109 cm³/mol. The smallest absolute Gasteiger partial charge is 0.0159 e. The fraction of sp³-hybridized carbons (Fsp3) is 0.182. The molecule has 1 heteroatoms. The molecule has 3 rings (SSSR count). The molecule has 0 amide bonds. The minimum atomic E-state index is 0.0185. The summed E-state index contributed by atoms with van der Waals surface area (Å²) in [5, 5.41) is 0. The number of halogens is 1. The van der Waals surface area contributed by atoms with Crippen LogP contribution < -0.4 is 0 Å². The average molecular weight is 412 g/mol. The van der Waals surface area contributed by atoms with E-state index in [4.69, 9.17) is 0 Å². The summed E-state index contributed by atoms with van der Waals surface area (Å²) in [5.74, 6) is 0. The highest BCUT2D eigenvalue weighted by Crippen LogP contribution is 2.47. The van der Waals surface area contributed by atoms with E-state index < -0.39 is 0 Å². The highest BCUT2D eigenvalue weighted by atomic mass is 127. The lowest BCUT2D eigenvalue weighted by molar-refractivity contribution is 0.654. The molecule has 116 valence electrons. The van der Waals surface area contributed by atoms with Gasteiger partial charge in [0, 0.05) is 8.99 Å². The molecule has 0 bridgehead atoms. The molecule has 23 heavy (non-hydrogen) atoms. The molecule has 0 fully saturated rings. The first kappa shape index (κ1) is 16.3. The van der Waals surface area contributed by atoms with Crippen LogP contribution in [0.4, 0.5) is 0 Å². The molecule has 0 heterocycles. The second-order valence-corrected chi connectivity index (χ2v) is 7.68. The third-order valence-electron chi connectivity index (χ3n) is 4.59. The summed E-state index contributed by atoms with van der Waals surface area (Å²) in [6.45, 7) is 8.64. The zero-order valence-electron chi connectivity index (χ0n) is 13.6. The molecule has 1 aliphatic rings. The lowest BCUT2D eigenvalue weighted by Gasteiger charge is -2.22. The Hall–Kier alpha value is -1.61. The van der Waals surface area contributed by atoms with Gasteiger partial charge in [-0.3, -0.25) is 0 Å². The first-order valence-corrected chi connectivity index (χ1v) is 9.00. The molecule has 0 N–H and O–H groups in total. The van der Waals surface area contributed by atoms with Crippen molar-refractivity contribution in [1.82, 2.24) is 0 Å². The van der Waals surface area contributed by atoms with Gasteiger partial charge in [0.25, 0.3) is 0 Å². The molecule has 0 atom stereocenters. The Kier molecular flexibility index (Phi) is 4.58. The third-order valence-corrected chi connectivity index (χ3v) is 5.26. The largest absolute Gasteiger partial charge is 0.0987 e. The molecule has 0 radical (unpaired) electrons. The highest BCUT2D eigenvalue weighted by Gasteiger charge is 2.35. The fourth-order valence-electron chi connectivity index (χ4n) is 3.37. The second kappa shape index (κ2) is 6.48. The molecule has 0 saturated carbocycles. The lowest BCUT2D eigenvalue weighted by atomic mass is 9.81. The molecule has 2 aromatic carbocycles. The third kappa shape index (κ3) is 3.07. The van der Waals surface area contributed by atoms with Crippen LogP contribution in [0.25, 0.3) is 5.57 Å². The van der Waals surface area contributed by atoms with E-state index in [-0.39, 0.29) is 5.41 Å². The van der Waals surface area contributed by atoms with Crippen molar-refractivity contribution in [2.45, 2.75) is 25.7 Å². The van der Waals surface area contributed by atoms with Gasteiger partial charge in [0.1, 0.15) is 0 Å². The summed E-state index contributed by atoms with van der Waals surface area (Å²) in [6.07, 6.45) is 7.51. The second-order valence-electron chi connectivity index (χ2n) is 6.44. The molecular formula is C22H21I. The molecule has 1 aliphatic carbocycles. The van der Waals surface area contributed by atoms with E-state index in [1.807, 2.05) is 6.08 Å². The Bertz CT molecular complexity index is 792. The van der Waals surface area contributed by atoms with Crippen molar-refractivity contribution in [2.24, 2.45) is 0 Å². The van der Waals surface area contributed by atoms with E-state index in [1.165, 1.54) is 31.4 Å². The lowest BCUT2D eigenvalue weighted by Crippen LogP contribution is -2.16. The number of benzene rings is 2. The topological polar surface area (TPSA) is 0 Å². The molecule has 0 spiro atoms. The molecule has 0 aliphatic heterocycles. The van der Waals surface area contributed by atoms with Crippen molar-refractivity contribution in [3.63, 3.8) is 0 Å². The maximum atomic E-state index is 4.07. The number of allylic oxidation sites excluding steroid dienone is 5. The van der Waals surface area contributed by atoms with Crippen molar-refractivity contribution in [1.29, 1.82) is 0 Å². The van der Waals surface area contributed by atoms with Gasteiger partial charge in [-0.05, 0) is 69.0 Å². The van der Waals surface area contributed by atoms with E-state index in [9.17, 15) is 0 Å². The Balaban J connectivity index is 1.98.